The second-order valence-electron chi connectivity index (χ2n) is 17.0. The van der Waals surface area contributed by atoms with Crippen molar-refractivity contribution in [3.05, 3.63) is 148 Å². The average molecular weight is 744 g/mol. The Morgan fingerprint density at radius 3 is 1.02 bits per heavy atom. The van der Waals surface area contributed by atoms with Crippen LogP contribution in [0.1, 0.15) is 203 Å². The first-order valence-corrected chi connectivity index (χ1v) is 20.6. The van der Waals surface area contributed by atoms with Crippen LogP contribution in [-0.4, -0.2) is 15.0 Å². The summed E-state index contributed by atoms with van der Waals surface area (Å²) in [5.41, 5.74) is 10.2. The molecule has 0 unspecified atom stereocenters. The molecule has 0 bridgehead atoms. The Hall–Kier alpha value is -4.31. The van der Waals surface area contributed by atoms with E-state index in [1.54, 1.807) is 0 Å². The van der Waals surface area contributed by atoms with Crippen molar-refractivity contribution in [3.63, 3.8) is 0 Å². The molecule has 5 aromatic rings. The second-order valence-corrected chi connectivity index (χ2v) is 17.0. The van der Waals surface area contributed by atoms with Gasteiger partial charge in [0.05, 0.1) is 0 Å². The van der Waals surface area contributed by atoms with Gasteiger partial charge in [0, 0.05) is 35.7 Å². The molecule has 2 aromatic carbocycles. The summed E-state index contributed by atoms with van der Waals surface area (Å²) in [5, 5.41) is 0. The zero-order chi connectivity index (χ0) is 41.2. The monoisotopic (exact) mass is 744 g/mol. The maximum atomic E-state index is 5.85. The third-order valence-corrected chi connectivity index (χ3v) is 9.49. The summed E-state index contributed by atoms with van der Waals surface area (Å²) < 4.78 is 5.85. The highest BCUT2D eigenvalue weighted by Gasteiger charge is 2.06. The molecule has 0 amide bonds. The number of ether oxygens (including phenoxy) is 1. The van der Waals surface area contributed by atoms with Crippen molar-refractivity contribution in [2.75, 3.05) is 0 Å². The predicted octanol–water partition coefficient (Wildman–Crippen LogP) is 15.7. The van der Waals surface area contributed by atoms with Gasteiger partial charge in [0.25, 0.3) is 0 Å². The molecule has 3 heterocycles. The molecular weight excluding hydrogens is 671 g/mol. The zero-order valence-electron chi connectivity index (χ0n) is 37.2. The minimum Gasteiger partial charge on any atom is -0.457 e. The van der Waals surface area contributed by atoms with Gasteiger partial charge in [-0.25, -0.2) is 0 Å². The van der Waals surface area contributed by atoms with E-state index in [-0.39, 0.29) is 0 Å². The Bertz CT molecular complexity index is 1590. The van der Waals surface area contributed by atoms with Gasteiger partial charge in [-0.15, -0.1) is 0 Å². The van der Waals surface area contributed by atoms with Crippen molar-refractivity contribution < 1.29 is 4.74 Å². The highest BCUT2D eigenvalue weighted by atomic mass is 16.5. The number of hydrogen-bond donors (Lipinski definition) is 0. The molecule has 0 aliphatic heterocycles. The van der Waals surface area contributed by atoms with Gasteiger partial charge in [-0.2, -0.15) is 0 Å². The number of rotatable bonds is 10. The molecule has 0 atom stereocenters. The van der Waals surface area contributed by atoms with Crippen LogP contribution in [0.5, 0.6) is 11.5 Å². The lowest BCUT2D eigenvalue weighted by molar-refractivity contribution is 0.482. The van der Waals surface area contributed by atoms with Crippen LogP contribution in [-0.2, 0) is 0 Å². The topological polar surface area (TPSA) is 47.9 Å². The number of aromatic nitrogens is 3. The molecule has 0 saturated heterocycles. The minimum atomic E-state index is 0.531. The molecule has 4 heteroatoms. The molecule has 4 nitrogen and oxygen atoms in total. The van der Waals surface area contributed by atoms with Crippen LogP contribution in [0.15, 0.2) is 104 Å². The Morgan fingerprint density at radius 1 is 0.345 bits per heavy atom. The van der Waals surface area contributed by atoms with Gasteiger partial charge in [-0.3, -0.25) is 15.0 Å². The highest BCUT2D eigenvalue weighted by Crippen LogP contribution is 2.26. The van der Waals surface area contributed by atoms with E-state index in [9.17, 15) is 0 Å². The fourth-order valence-electron chi connectivity index (χ4n) is 5.30. The lowest BCUT2D eigenvalue weighted by atomic mass is 9.99. The van der Waals surface area contributed by atoms with Gasteiger partial charge < -0.3 is 4.74 Å². The number of hydrogen-bond acceptors (Lipinski definition) is 4. The average Bonchev–Trinajstić information content (AvgIpc) is 3.16. The van der Waals surface area contributed by atoms with Crippen LogP contribution in [0, 0.1) is 0 Å². The second kappa shape index (κ2) is 23.6. The Morgan fingerprint density at radius 2 is 0.709 bits per heavy atom. The molecule has 0 N–H and O–H groups in total. The molecule has 0 aliphatic carbocycles. The van der Waals surface area contributed by atoms with Crippen molar-refractivity contribution in [1.29, 1.82) is 0 Å². The Kier molecular flexibility index (Phi) is 20.1. The summed E-state index contributed by atoms with van der Waals surface area (Å²) >= 11 is 0. The Labute approximate surface area is 336 Å². The fraction of sp³-hybridized carbons (Fsp3) is 0.471. The predicted molar refractivity (Wildman–Crippen MR) is 238 cm³/mol. The molecule has 0 radical (unpaired) electrons. The summed E-state index contributed by atoms with van der Waals surface area (Å²) in [6.45, 7) is 35.0. The number of benzene rings is 2. The molecule has 0 saturated carbocycles. The van der Waals surface area contributed by atoms with Gasteiger partial charge in [0.15, 0.2) is 0 Å². The van der Waals surface area contributed by atoms with Crippen molar-refractivity contribution in [1.82, 2.24) is 15.0 Å². The van der Waals surface area contributed by atoms with Crippen LogP contribution >= 0.6 is 0 Å². The van der Waals surface area contributed by atoms with E-state index in [1.807, 2.05) is 42.9 Å². The highest BCUT2D eigenvalue weighted by molar-refractivity contribution is 5.36. The smallest absolute Gasteiger partial charge is 0.127 e. The molecule has 3 aromatic heterocycles. The van der Waals surface area contributed by atoms with Gasteiger partial charge in [0.1, 0.15) is 11.5 Å². The van der Waals surface area contributed by atoms with Crippen LogP contribution in [0.4, 0.5) is 0 Å². The van der Waals surface area contributed by atoms with Gasteiger partial charge >= 0.3 is 0 Å². The van der Waals surface area contributed by atoms with Gasteiger partial charge in [0.2, 0.25) is 0 Å². The molecule has 0 aliphatic rings. The van der Waals surface area contributed by atoms with Crippen molar-refractivity contribution in [3.8, 4) is 11.5 Å². The fourth-order valence-corrected chi connectivity index (χ4v) is 5.30. The van der Waals surface area contributed by atoms with E-state index in [1.165, 1.54) is 44.9 Å². The maximum absolute atomic E-state index is 5.85. The summed E-state index contributed by atoms with van der Waals surface area (Å²) in [6, 6.07) is 29.5. The van der Waals surface area contributed by atoms with E-state index < -0.39 is 0 Å². The normalized spacial score (nSPS) is 11.1. The molecule has 55 heavy (non-hydrogen) atoms. The van der Waals surface area contributed by atoms with Gasteiger partial charge in [-0.1, -0.05) is 153 Å². The van der Waals surface area contributed by atoms with Crippen LogP contribution in [0.3, 0.4) is 0 Å². The van der Waals surface area contributed by atoms with Gasteiger partial charge in [-0.05, 0) is 118 Å². The molecule has 0 spiro atoms. The third-order valence-electron chi connectivity index (χ3n) is 9.49. The molecular formula is C51H73N3O. The van der Waals surface area contributed by atoms with Crippen LogP contribution in [0.25, 0.3) is 0 Å². The zero-order valence-corrected chi connectivity index (χ0v) is 37.2. The van der Waals surface area contributed by atoms with Crippen molar-refractivity contribution in [2.45, 2.75) is 158 Å². The van der Waals surface area contributed by atoms with Crippen LogP contribution < -0.4 is 4.74 Å². The third kappa shape index (κ3) is 16.9. The minimum absolute atomic E-state index is 0.531. The summed E-state index contributed by atoms with van der Waals surface area (Å²) in [4.78, 5) is 13.2. The molecule has 298 valence electrons. The number of nitrogens with zero attached hydrogens (tertiary/aromatic N) is 3. The van der Waals surface area contributed by atoms with E-state index >= 15 is 0 Å². The summed E-state index contributed by atoms with van der Waals surface area (Å²) in [6.07, 6.45) is 5.90. The first kappa shape index (κ1) is 46.8. The van der Waals surface area contributed by atoms with E-state index in [0.717, 1.165) is 11.5 Å². The largest absolute Gasteiger partial charge is 0.457 e. The van der Waals surface area contributed by atoms with E-state index in [4.69, 9.17) is 4.74 Å². The summed E-state index contributed by atoms with van der Waals surface area (Å²) in [5.74, 6) is 6.23. The summed E-state index contributed by atoms with van der Waals surface area (Å²) in [7, 11) is 0. The standard InChI is InChI=1S/C18H22O.3C11H17N/c1-13(2)15-5-9-17(10-6-15)19-18-11-7-16(8-12-18)14(3)4;1-8(2)10-5-11(9(3)4)7-12-6-10;1-8(2)10-5-6-11(9(3)4)12-7-10;1-8(2)10-6-5-7-11(12-10)9(3)4/h5-14H,1-4H3;3*5-9H,1-4H3. The first-order valence-electron chi connectivity index (χ1n) is 20.6. The van der Waals surface area contributed by atoms with E-state index in [2.05, 4.69) is 186 Å². The SMILES string of the molecule is CC(C)c1ccc(C(C)C)nc1.CC(C)c1ccc(Oc2ccc(C(C)C)cc2)cc1.CC(C)c1cccc(C(C)C)n1.CC(C)c1cncc(C(C)C)c1. The molecule has 5 rings (SSSR count). The first-order chi connectivity index (χ1) is 25.9. The van der Waals surface area contributed by atoms with E-state index in [0.29, 0.717) is 47.3 Å². The number of pyridine rings is 3. The quantitative estimate of drug-likeness (QED) is 0.143. The lowest BCUT2D eigenvalue weighted by Crippen LogP contribution is -1.98. The van der Waals surface area contributed by atoms with Crippen molar-refractivity contribution >= 4 is 0 Å². The lowest BCUT2D eigenvalue weighted by Gasteiger charge is -2.10. The molecule has 0 fully saturated rings. The maximum Gasteiger partial charge on any atom is 0.127 e. The van der Waals surface area contributed by atoms with Crippen molar-refractivity contribution in [2.24, 2.45) is 0 Å². The van der Waals surface area contributed by atoms with Crippen LogP contribution in [0.2, 0.25) is 0 Å². The Balaban J connectivity index is 0.000000260.